The second-order valence-corrected chi connectivity index (χ2v) is 7.19. The summed E-state index contributed by atoms with van der Waals surface area (Å²) in [5.41, 5.74) is 3.39. The Morgan fingerprint density at radius 3 is 3.00 bits per heavy atom. The molecule has 5 nitrogen and oxygen atoms in total. The van der Waals surface area contributed by atoms with Gasteiger partial charge in [0.05, 0.1) is 24.2 Å². The van der Waals surface area contributed by atoms with E-state index in [1.807, 2.05) is 24.3 Å². The Hall–Kier alpha value is -2.58. The Morgan fingerprint density at radius 2 is 2.20 bits per heavy atom. The largest absolute Gasteiger partial charge is 0.465 e. The van der Waals surface area contributed by atoms with Gasteiger partial charge in [0.1, 0.15) is 5.54 Å². The molecule has 1 aromatic carbocycles. The van der Waals surface area contributed by atoms with E-state index in [0.717, 1.165) is 54.9 Å². The van der Waals surface area contributed by atoms with Gasteiger partial charge in [-0.1, -0.05) is 18.2 Å². The maximum absolute atomic E-state index is 12.5. The van der Waals surface area contributed by atoms with Gasteiger partial charge in [-0.2, -0.15) is 5.26 Å². The van der Waals surface area contributed by atoms with Crippen molar-refractivity contribution in [1.82, 2.24) is 4.90 Å². The molecule has 0 amide bonds. The number of methoxy groups -OCH3 is 1. The van der Waals surface area contributed by atoms with E-state index in [9.17, 15) is 10.1 Å². The predicted molar refractivity (Wildman–Crippen MR) is 92.6 cm³/mol. The topological polar surface area (TPSA) is 65.4 Å². The molecule has 3 aliphatic heterocycles. The summed E-state index contributed by atoms with van der Waals surface area (Å²) in [6.07, 6.45) is 4.61. The first-order valence-corrected chi connectivity index (χ1v) is 8.76. The molecule has 2 fully saturated rings. The molecule has 126 valence electrons. The minimum absolute atomic E-state index is 0.335. The number of fused-ring (bicyclic) bond motifs is 1. The second kappa shape index (κ2) is 4.74. The van der Waals surface area contributed by atoms with Gasteiger partial charge in [-0.3, -0.25) is 4.90 Å². The Kier molecular flexibility index (Phi) is 2.79. The normalized spacial score (nSPS) is 32.1. The summed E-state index contributed by atoms with van der Waals surface area (Å²) >= 11 is 0. The molecule has 3 heterocycles. The van der Waals surface area contributed by atoms with Gasteiger partial charge in [-0.25, -0.2) is 4.79 Å². The van der Waals surface area contributed by atoms with E-state index >= 15 is 0 Å². The molecular weight excluding hydrogens is 314 g/mol. The van der Waals surface area contributed by atoms with Crippen LogP contribution < -0.4 is 5.32 Å². The summed E-state index contributed by atoms with van der Waals surface area (Å²) in [4.78, 5) is 14.9. The molecule has 25 heavy (non-hydrogen) atoms. The highest BCUT2D eigenvalue weighted by molar-refractivity contribution is 5.97. The van der Waals surface area contributed by atoms with Crippen molar-refractivity contribution in [2.45, 2.75) is 30.2 Å². The van der Waals surface area contributed by atoms with Gasteiger partial charge in [0.25, 0.3) is 0 Å². The number of para-hydroxylation sites is 1. The van der Waals surface area contributed by atoms with Crippen LogP contribution in [0.25, 0.3) is 0 Å². The number of ether oxygens (including phenoxy) is 1. The molecule has 0 bridgehead atoms. The summed E-state index contributed by atoms with van der Waals surface area (Å²) < 4.78 is 5.07. The summed E-state index contributed by atoms with van der Waals surface area (Å²) in [6.45, 7) is 1.79. The standard InChI is InChI=1S/C20H19N3O2/c1-25-18(24)14-11-13-5-4-9-23-10-8-19(20(13,23)12-21)15-6-2-3-7-16(15)22-17(14)19/h2-3,6-7,11,22H,4-5,8-10H2,1H3/t19-,20+/m0/s1. The lowest BCUT2D eigenvalue weighted by atomic mass is 9.57. The molecule has 0 radical (unpaired) electrons. The van der Waals surface area contributed by atoms with Gasteiger partial charge in [-0.05, 0) is 42.5 Å². The zero-order chi connectivity index (χ0) is 17.2. The van der Waals surface area contributed by atoms with Crippen LogP contribution in [0.1, 0.15) is 24.8 Å². The number of rotatable bonds is 1. The van der Waals surface area contributed by atoms with Crippen LogP contribution in [0.5, 0.6) is 0 Å². The quantitative estimate of drug-likeness (QED) is 0.800. The Labute approximate surface area is 146 Å². The highest BCUT2D eigenvalue weighted by atomic mass is 16.5. The summed E-state index contributed by atoms with van der Waals surface area (Å²) in [5, 5.41) is 13.9. The lowest BCUT2D eigenvalue weighted by Crippen LogP contribution is -2.60. The fraction of sp³-hybridized carbons (Fsp3) is 0.400. The van der Waals surface area contributed by atoms with Crippen LogP contribution in [-0.2, 0) is 14.9 Å². The van der Waals surface area contributed by atoms with Gasteiger partial charge in [-0.15, -0.1) is 0 Å². The number of hydrogen-bond acceptors (Lipinski definition) is 5. The fourth-order valence-electron chi connectivity index (χ4n) is 5.52. The molecule has 1 aliphatic carbocycles. The average Bonchev–Trinajstić information content (AvgIpc) is 3.18. The highest BCUT2D eigenvalue weighted by Gasteiger charge is 2.69. The Balaban J connectivity index is 1.89. The smallest absolute Gasteiger partial charge is 0.339 e. The van der Waals surface area contributed by atoms with E-state index in [1.165, 1.54) is 7.11 Å². The fourth-order valence-corrected chi connectivity index (χ4v) is 5.52. The van der Waals surface area contributed by atoms with Crippen LogP contribution in [-0.4, -0.2) is 36.6 Å². The van der Waals surface area contributed by atoms with Gasteiger partial charge in [0.2, 0.25) is 0 Å². The number of anilines is 1. The van der Waals surface area contributed by atoms with Crippen molar-refractivity contribution >= 4 is 11.7 Å². The van der Waals surface area contributed by atoms with Crippen molar-refractivity contribution in [2.24, 2.45) is 0 Å². The third-order valence-electron chi connectivity index (χ3n) is 6.42. The molecule has 4 aliphatic rings. The van der Waals surface area contributed by atoms with Gasteiger partial charge >= 0.3 is 5.97 Å². The first-order valence-electron chi connectivity index (χ1n) is 8.76. The third kappa shape index (κ3) is 1.46. The molecule has 1 spiro atoms. The number of carbonyl (C=O) groups excluding carboxylic acids is 1. The zero-order valence-electron chi connectivity index (χ0n) is 14.1. The third-order valence-corrected chi connectivity index (χ3v) is 6.42. The van der Waals surface area contributed by atoms with Crippen LogP contribution in [0.3, 0.4) is 0 Å². The molecule has 2 saturated heterocycles. The monoisotopic (exact) mass is 333 g/mol. The molecule has 1 N–H and O–H groups in total. The minimum atomic E-state index is -0.697. The Morgan fingerprint density at radius 1 is 1.36 bits per heavy atom. The molecule has 1 aromatic rings. The van der Waals surface area contributed by atoms with Crippen molar-refractivity contribution in [3.63, 3.8) is 0 Å². The van der Waals surface area contributed by atoms with Crippen molar-refractivity contribution in [1.29, 1.82) is 5.26 Å². The van der Waals surface area contributed by atoms with Crippen molar-refractivity contribution < 1.29 is 9.53 Å². The minimum Gasteiger partial charge on any atom is -0.465 e. The molecule has 0 aromatic heterocycles. The molecule has 0 unspecified atom stereocenters. The van der Waals surface area contributed by atoms with E-state index in [-0.39, 0.29) is 5.97 Å². The van der Waals surface area contributed by atoms with E-state index in [4.69, 9.17) is 4.74 Å². The van der Waals surface area contributed by atoms with Gasteiger partial charge in [0.15, 0.2) is 0 Å². The van der Waals surface area contributed by atoms with Crippen molar-refractivity contribution in [3.05, 3.63) is 52.7 Å². The lowest BCUT2D eigenvalue weighted by molar-refractivity contribution is -0.135. The number of piperidine rings is 1. The summed E-state index contributed by atoms with van der Waals surface area (Å²) in [5.74, 6) is -0.335. The van der Waals surface area contributed by atoms with E-state index in [1.54, 1.807) is 0 Å². The number of carbonyl (C=O) groups is 1. The van der Waals surface area contributed by atoms with Gasteiger partial charge in [0, 0.05) is 24.5 Å². The van der Waals surface area contributed by atoms with Crippen LogP contribution in [0.2, 0.25) is 0 Å². The van der Waals surface area contributed by atoms with Crippen LogP contribution in [0, 0.1) is 11.3 Å². The van der Waals surface area contributed by atoms with E-state index in [2.05, 4.69) is 22.4 Å². The maximum atomic E-state index is 12.5. The van der Waals surface area contributed by atoms with E-state index < -0.39 is 11.0 Å². The molecule has 5 rings (SSSR count). The number of esters is 1. The predicted octanol–water partition coefficient (Wildman–Crippen LogP) is 2.48. The SMILES string of the molecule is COC(=O)C1=C2Nc3ccccc3[C@@]23CCN2CCCC(=C1)[C@@]23C#N. The number of benzene rings is 1. The number of nitriles is 1. The lowest BCUT2D eigenvalue weighted by Gasteiger charge is -2.50. The van der Waals surface area contributed by atoms with Crippen LogP contribution in [0.15, 0.2) is 47.2 Å². The molecule has 5 heteroatoms. The van der Waals surface area contributed by atoms with E-state index in [0.29, 0.717) is 5.57 Å². The van der Waals surface area contributed by atoms with Crippen LogP contribution >= 0.6 is 0 Å². The van der Waals surface area contributed by atoms with Crippen molar-refractivity contribution in [3.8, 4) is 6.07 Å². The zero-order valence-corrected chi connectivity index (χ0v) is 14.1. The second-order valence-electron chi connectivity index (χ2n) is 7.19. The average molecular weight is 333 g/mol. The Bertz CT molecular complexity index is 910. The highest BCUT2D eigenvalue weighted by Crippen LogP contribution is 2.64. The number of nitrogens with one attached hydrogen (secondary N) is 1. The van der Waals surface area contributed by atoms with Gasteiger partial charge < -0.3 is 10.1 Å². The summed E-state index contributed by atoms with van der Waals surface area (Å²) in [6, 6.07) is 10.8. The molecular formula is C20H19N3O2. The first-order chi connectivity index (χ1) is 12.2. The molecule has 2 atom stereocenters. The number of nitrogens with zero attached hydrogens (tertiary/aromatic N) is 2. The van der Waals surface area contributed by atoms with Crippen LogP contribution in [0.4, 0.5) is 5.69 Å². The molecule has 0 saturated carbocycles. The maximum Gasteiger partial charge on any atom is 0.339 e. The number of hydrogen-bond donors (Lipinski definition) is 1. The first kappa shape index (κ1) is 14.7. The van der Waals surface area contributed by atoms with Crippen molar-refractivity contribution in [2.75, 3.05) is 25.5 Å². The summed E-state index contributed by atoms with van der Waals surface area (Å²) in [7, 11) is 1.41.